The molecular weight excluding hydrogens is 560 g/mol. The van der Waals surface area contributed by atoms with E-state index in [0.29, 0.717) is 31.3 Å². The Morgan fingerprint density at radius 3 is 1.62 bits per heavy atom. The van der Waals surface area contributed by atoms with Gasteiger partial charge in [0.1, 0.15) is 48.6 Å². The van der Waals surface area contributed by atoms with Crippen molar-refractivity contribution in [1.29, 1.82) is 0 Å². The summed E-state index contributed by atoms with van der Waals surface area (Å²) >= 11 is 0. The van der Waals surface area contributed by atoms with Crippen molar-refractivity contribution < 1.29 is 23.7 Å². The molecule has 5 aromatic rings. The van der Waals surface area contributed by atoms with E-state index < -0.39 is 0 Å². The predicted molar refractivity (Wildman–Crippen MR) is 178 cm³/mol. The number of carbonyl (C=O) groups is 1. The van der Waals surface area contributed by atoms with Crippen LogP contribution in [0.1, 0.15) is 44.5 Å². The van der Waals surface area contributed by atoms with Crippen molar-refractivity contribution in [3.63, 3.8) is 0 Å². The van der Waals surface area contributed by atoms with Crippen molar-refractivity contribution in [1.82, 2.24) is 0 Å². The lowest BCUT2D eigenvalue weighted by molar-refractivity contribution is -0.117. The van der Waals surface area contributed by atoms with Gasteiger partial charge in [-0.1, -0.05) is 97.1 Å². The minimum atomic E-state index is 0.0514. The van der Waals surface area contributed by atoms with Crippen LogP contribution in [0.2, 0.25) is 0 Å². The molecule has 0 aromatic heterocycles. The van der Waals surface area contributed by atoms with E-state index in [1.54, 1.807) is 7.11 Å². The molecule has 5 heteroatoms. The molecule has 0 aliphatic carbocycles. The maximum absolute atomic E-state index is 13.8. The van der Waals surface area contributed by atoms with Crippen LogP contribution in [-0.4, -0.2) is 12.9 Å². The SMILES string of the molecule is COc1c(C)c(C)c(OCc2ccccc2)c(CC(=O)Cc2ccc(OCc3ccccc3)cc2OCc2ccccc2)c1C. The van der Waals surface area contributed by atoms with Gasteiger partial charge in [-0.05, 0) is 60.2 Å². The van der Waals surface area contributed by atoms with Crippen molar-refractivity contribution in [2.75, 3.05) is 7.11 Å². The highest BCUT2D eigenvalue weighted by Crippen LogP contribution is 2.39. The molecule has 5 aromatic carbocycles. The summed E-state index contributed by atoms with van der Waals surface area (Å²) in [6, 6.07) is 35.8. The van der Waals surface area contributed by atoms with Crippen LogP contribution < -0.4 is 18.9 Å². The van der Waals surface area contributed by atoms with Crippen LogP contribution in [0, 0.1) is 20.8 Å². The van der Waals surface area contributed by atoms with Crippen molar-refractivity contribution in [3.8, 4) is 23.0 Å². The Morgan fingerprint density at radius 2 is 1.07 bits per heavy atom. The number of ketones is 1. The molecule has 0 aliphatic rings. The molecule has 0 radical (unpaired) electrons. The van der Waals surface area contributed by atoms with E-state index in [1.165, 1.54) is 0 Å². The zero-order valence-electron chi connectivity index (χ0n) is 26.5. The molecule has 0 atom stereocenters. The van der Waals surface area contributed by atoms with Gasteiger partial charge in [-0.3, -0.25) is 4.79 Å². The van der Waals surface area contributed by atoms with Crippen LogP contribution in [-0.2, 0) is 37.5 Å². The summed E-state index contributed by atoms with van der Waals surface area (Å²) in [5.74, 6) is 2.90. The number of hydrogen-bond acceptors (Lipinski definition) is 5. The minimum absolute atomic E-state index is 0.0514. The van der Waals surface area contributed by atoms with E-state index >= 15 is 0 Å². The maximum Gasteiger partial charge on any atom is 0.141 e. The van der Waals surface area contributed by atoms with Gasteiger partial charge >= 0.3 is 0 Å². The fourth-order valence-corrected chi connectivity index (χ4v) is 5.45. The van der Waals surface area contributed by atoms with Gasteiger partial charge in [0.25, 0.3) is 0 Å². The summed E-state index contributed by atoms with van der Waals surface area (Å²) in [6.45, 7) is 7.29. The van der Waals surface area contributed by atoms with E-state index in [2.05, 4.69) is 0 Å². The molecule has 0 spiro atoms. The second-order valence-corrected chi connectivity index (χ2v) is 11.2. The van der Waals surface area contributed by atoms with Crippen LogP contribution in [0.5, 0.6) is 23.0 Å². The molecule has 230 valence electrons. The van der Waals surface area contributed by atoms with Gasteiger partial charge in [-0.15, -0.1) is 0 Å². The average Bonchev–Trinajstić information content (AvgIpc) is 3.07. The maximum atomic E-state index is 13.8. The number of ether oxygens (including phenoxy) is 4. The average molecular weight is 601 g/mol. The van der Waals surface area contributed by atoms with Gasteiger partial charge in [0.15, 0.2) is 0 Å². The molecule has 0 aliphatic heterocycles. The highest BCUT2D eigenvalue weighted by atomic mass is 16.5. The lowest BCUT2D eigenvalue weighted by Gasteiger charge is -2.22. The molecule has 0 saturated heterocycles. The Balaban J connectivity index is 1.39. The zero-order chi connectivity index (χ0) is 31.6. The van der Waals surface area contributed by atoms with E-state index in [0.717, 1.165) is 56.0 Å². The van der Waals surface area contributed by atoms with Crippen molar-refractivity contribution in [2.45, 2.75) is 53.4 Å². The van der Waals surface area contributed by atoms with Gasteiger partial charge in [0.2, 0.25) is 0 Å². The monoisotopic (exact) mass is 600 g/mol. The third-order valence-corrected chi connectivity index (χ3v) is 8.03. The smallest absolute Gasteiger partial charge is 0.141 e. The number of hydrogen-bond donors (Lipinski definition) is 0. The van der Waals surface area contributed by atoms with Crippen molar-refractivity contribution >= 4 is 5.78 Å². The molecule has 5 rings (SSSR count). The summed E-state index contributed by atoms with van der Waals surface area (Å²) in [6.07, 6.45) is 0.410. The van der Waals surface area contributed by atoms with Crippen LogP contribution in [0.25, 0.3) is 0 Å². The number of Topliss-reactive ketones (excluding diaryl/α,β-unsaturated/α-hetero) is 1. The Morgan fingerprint density at radius 1 is 0.556 bits per heavy atom. The topological polar surface area (TPSA) is 54.0 Å². The quantitative estimate of drug-likeness (QED) is 0.128. The number of carbonyl (C=O) groups excluding carboxylic acids is 1. The zero-order valence-corrected chi connectivity index (χ0v) is 26.5. The molecule has 0 bridgehead atoms. The standard InChI is InChI=1S/C40H40O5/c1-28-29(2)40(45-27-33-18-12-7-13-19-33)37(30(3)39(28)42-4)23-35(41)22-34-20-21-36(43-25-31-14-8-5-9-15-31)24-38(34)44-26-32-16-10-6-11-17-32/h5-21,24H,22-23,25-27H2,1-4H3. The van der Waals surface area contributed by atoms with Gasteiger partial charge in [-0.25, -0.2) is 0 Å². The predicted octanol–water partition coefficient (Wildman–Crippen LogP) is 8.71. The highest BCUT2D eigenvalue weighted by molar-refractivity contribution is 5.85. The Bertz CT molecular complexity index is 1710. The lowest BCUT2D eigenvalue weighted by atomic mass is 9.92. The summed E-state index contributed by atoms with van der Waals surface area (Å²) in [5, 5.41) is 0. The largest absolute Gasteiger partial charge is 0.496 e. The molecule has 0 heterocycles. The van der Waals surface area contributed by atoms with Gasteiger partial charge in [0.05, 0.1) is 7.11 Å². The van der Waals surface area contributed by atoms with Crippen LogP contribution in [0.15, 0.2) is 109 Å². The molecule has 0 fully saturated rings. The van der Waals surface area contributed by atoms with E-state index in [1.807, 2.05) is 130 Å². The van der Waals surface area contributed by atoms with E-state index in [-0.39, 0.29) is 18.6 Å². The second kappa shape index (κ2) is 15.1. The summed E-state index contributed by atoms with van der Waals surface area (Å²) in [4.78, 5) is 13.8. The van der Waals surface area contributed by atoms with E-state index in [4.69, 9.17) is 18.9 Å². The molecule has 5 nitrogen and oxygen atoms in total. The summed E-state index contributed by atoms with van der Waals surface area (Å²) < 4.78 is 24.6. The third kappa shape index (κ3) is 8.12. The fourth-order valence-electron chi connectivity index (χ4n) is 5.45. The van der Waals surface area contributed by atoms with Crippen LogP contribution >= 0.6 is 0 Å². The first-order valence-corrected chi connectivity index (χ1v) is 15.2. The Labute approximate surface area is 266 Å². The minimum Gasteiger partial charge on any atom is -0.496 e. The molecule has 0 saturated carbocycles. The first-order valence-electron chi connectivity index (χ1n) is 15.2. The summed E-state index contributed by atoms with van der Waals surface area (Å²) in [7, 11) is 1.67. The second-order valence-electron chi connectivity index (χ2n) is 11.2. The number of benzene rings is 5. The fraction of sp³-hybridized carbons (Fsp3) is 0.225. The molecule has 0 unspecified atom stereocenters. The van der Waals surface area contributed by atoms with E-state index in [9.17, 15) is 4.79 Å². The number of rotatable bonds is 14. The molecular formula is C40H40O5. The van der Waals surface area contributed by atoms with Gasteiger partial charge in [-0.2, -0.15) is 0 Å². The van der Waals surface area contributed by atoms with Crippen molar-refractivity contribution in [3.05, 3.63) is 154 Å². The molecule has 45 heavy (non-hydrogen) atoms. The van der Waals surface area contributed by atoms with Crippen LogP contribution in [0.3, 0.4) is 0 Å². The third-order valence-electron chi connectivity index (χ3n) is 8.03. The number of methoxy groups -OCH3 is 1. The first kappa shape index (κ1) is 31.4. The summed E-state index contributed by atoms with van der Waals surface area (Å²) in [5.41, 5.74) is 7.75. The Kier molecular flexibility index (Phi) is 10.5. The molecule has 0 N–H and O–H groups in total. The lowest BCUT2D eigenvalue weighted by Crippen LogP contribution is -2.13. The highest BCUT2D eigenvalue weighted by Gasteiger charge is 2.22. The molecule has 0 amide bonds. The Hall–Kier alpha value is -5.03. The van der Waals surface area contributed by atoms with Gasteiger partial charge in [0, 0.05) is 30.0 Å². The normalized spacial score (nSPS) is 10.8. The first-order chi connectivity index (χ1) is 21.9. The van der Waals surface area contributed by atoms with Crippen LogP contribution in [0.4, 0.5) is 0 Å². The van der Waals surface area contributed by atoms with Crippen molar-refractivity contribution in [2.24, 2.45) is 0 Å². The van der Waals surface area contributed by atoms with Gasteiger partial charge < -0.3 is 18.9 Å².